The van der Waals surface area contributed by atoms with Crippen molar-refractivity contribution in [3.05, 3.63) is 35.4 Å². The van der Waals surface area contributed by atoms with Crippen molar-refractivity contribution >= 4 is 0 Å². The van der Waals surface area contributed by atoms with Gasteiger partial charge in [0.15, 0.2) is 11.6 Å². The summed E-state index contributed by atoms with van der Waals surface area (Å²) in [6, 6.07) is 4.00. The fraction of sp³-hybridized carbons (Fsp3) is 0.727. The van der Waals surface area contributed by atoms with Gasteiger partial charge < -0.3 is 14.2 Å². The van der Waals surface area contributed by atoms with Crippen LogP contribution in [0.25, 0.3) is 0 Å². The molecule has 0 aromatic heterocycles. The summed E-state index contributed by atoms with van der Waals surface area (Å²) >= 11 is 0. The maximum absolute atomic E-state index is 13.9. The minimum absolute atomic E-state index is 0.335. The van der Waals surface area contributed by atoms with Crippen LogP contribution < -0.4 is 0 Å². The molecule has 0 N–H and O–H groups in total. The lowest BCUT2D eigenvalue weighted by atomic mass is 9.90. The molecule has 27 heavy (non-hydrogen) atoms. The SMILES string of the molecule is CCCCCCCCC(c1ccc(F)c(F)c1)C(OCC)(OCC)OCC. The van der Waals surface area contributed by atoms with E-state index in [9.17, 15) is 8.78 Å². The van der Waals surface area contributed by atoms with Crippen LogP contribution in [0.4, 0.5) is 8.78 Å². The van der Waals surface area contributed by atoms with Gasteiger partial charge >= 0.3 is 0 Å². The number of benzene rings is 1. The Balaban J connectivity index is 3.06. The Morgan fingerprint density at radius 1 is 0.778 bits per heavy atom. The van der Waals surface area contributed by atoms with E-state index in [1.165, 1.54) is 31.7 Å². The summed E-state index contributed by atoms with van der Waals surface area (Å²) in [5.74, 6) is -3.34. The molecule has 0 saturated carbocycles. The molecule has 0 radical (unpaired) electrons. The predicted molar refractivity (Wildman–Crippen MR) is 105 cm³/mol. The number of ether oxygens (including phenoxy) is 3. The number of halogens is 2. The van der Waals surface area contributed by atoms with Crippen LogP contribution in [0.15, 0.2) is 18.2 Å². The molecule has 1 aromatic rings. The molecule has 0 aliphatic heterocycles. The first kappa shape index (κ1) is 24.0. The van der Waals surface area contributed by atoms with Crippen molar-refractivity contribution < 1.29 is 23.0 Å². The summed E-state index contributed by atoms with van der Waals surface area (Å²) in [5, 5.41) is 0. The largest absolute Gasteiger partial charge is 0.327 e. The van der Waals surface area contributed by atoms with E-state index in [-0.39, 0.29) is 5.92 Å². The van der Waals surface area contributed by atoms with Crippen molar-refractivity contribution in [2.75, 3.05) is 19.8 Å². The first-order valence-electron chi connectivity index (χ1n) is 10.4. The molecule has 0 bridgehead atoms. The van der Waals surface area contributed by atoms with Gasteiger partial charge in [-0.1, -0.05) is 51.5 Å². The second-order valence-electron chi connectivity index (χ2n) is 6.69. The van der Waals surface area contributed by atoms with Gasteiger partial charge in [-0.2, -0.15) is 0 Å². The van der Waals surface area contributed by atoms with Crippen LogP contribution >= 0.6 is 0 Å². The molecular formula is C22H36F2O3. The molecule has 3 nitrogen and oxygen atoms in total. The first-order chi connectivity index (χ1) is 13.0. The third-order valence-corrected chi connectivity index (χ3v) is 4.66. The number of hydrogen-bond donors (Lipinski definition) is 0. The Kier molecular flexibility index (Phi) is 11.7. The van der Waals surface area contributed by atoms with Gasteiger partial charge in [-0.05, 0) is 44.9 Å². The Morgan fingerprint density at radius 3 is 1.85 bits per heavy atom. The van der Waals surface area contributed by atoms with Crippen LogP contribution in [0.5, 0.6) is 0 Å². The highest BCUT2D eigenvalue weighted by atomic mass is 19.2. The molecule has 1 unspecified atom stereocenters. The molecule has 0 amide bonds. The average molecular weight is 387 g/mol. The van der Waals surface area contributed by atoms with Crippen LogP contribution in [0.1, 0.15) is 84.1 Å². The lowest BCUT2D eigenvalue weighted by Crippen LogP contribution is -2.45. The minimum atomic E-state index is -1.29. The summed E-state index contributed by atoms with van der Waals surface area (Å²) in [4.78, 5) is 0. The lowest BCUT2D eigenvalue weighted by Gasteiger charge is -2.39. The summed E-state index contributed by atoms with van der Waals surface area (Å²) in [6.07, 6.45) is 7.59. The maximum Gasteiger partial charge on any atom is 0.290 e. The van der Waals surface area contributed by atoms with Crippen LogP contribution in [0.2, 0.25) is 0 Å². The van der Waals surface area contributed by atoms with Crippen LogP contribution in [-0.4, -0.2) is 25.8 Å². The van der Waals surface area contributed by atoms with Crippen molar-refractivity contribution in [2.45, 2.75) is 84.5 Å². The Bertz CT molecular complexity index is 505. The van der Waals surface area contributed by atoms with Crippen molar-refractivity contribution in [1.82, 2.24) is 0 Å². The second-order valence-corrected chi connectivity index (χ2v) is 6.69. The number of unbranched alkanes of at least 4 members (excludes halogenated alkanes) is 5. The smallest absolute Gasteiger partial charge is 0.290 e. The fourth-order valence-corrected chi connectivity index (χ4v) is 3.44. The molecule has 156 valence electrons. The van der Waals surface area contributed by atoms with E-state index in [1.807, 2.05) is 20.8 Å². The fourth-order valence-electron chi connectivity index (χ4n) is 3.44. The van der Waals surface area contributed by atoms with E-state index in [0.717, 1.165) is 25.3 Å². The number of hydrogen-bond acceptors (Lipinski definition) is 3. The van der Waals surface area contributed by atoms with E-state index >= 15 is 0 Å². The summed E-state index contributed by atoms with van der Waals surface area (Å²) in [7, 11) is 0. The van der Waals surface area contributed by atoms with Gasteiger partial charge in [-0.3, -0.25) is 0 Å². The molecule has 0 heterocycles. The van der Waals surface area contributed by atoms with Crippen LogP contribution in [-0.2, 0) is 14.2 Å². The molecule has 1 aromatic carbocycles. The molecule has 1 atom stereocenters. The maximum atomic E-state index is 13.9. The van der Waals surface area contributed by atoms with Gasteiger partial charge in [0.05, 0.1) is 5.92 Å². The molecular weight excluding hydrogens is 350 g/mol. The summed E-state index contributed by atoms with van der Waals surface area (Å²) in [6.45, 7) is 9.02. The van der Waals surface area contributed by atoms with Crippen molar-refractivity contribution in [2.24, 2.45) is 0 Å². The topological polar surface area (TPSA) is 27.7 Å². The minimum Gasteiger partial charge on any atom is -0.327 e. The first-order valence-corrected chi connectivity index (χ1v) is 10.4. The van der Waals surface area contributed by atoms with Crippen molar-refractivity contribution in [3.8, 4) is 0 Å². The Hall–Kier alpha value is -1.04. The van der Waals surface area contributed by atoms with E-state index in [2.05, 4.69) is 6.92 Å². The molecule has 0 spiro atoms. The van der Waals surface area contributed by atoms with Crippen LogP contribution in [0, 0.1) is 11.6 Å². The summed E-state index contributed by atoms with van der Waals surface area (Å²) < 4.78 is 45.2. The third-order valence-electron chi connectivity index (χ3n) is 4.66. The van der Waals surface area contributed by atoms with Gasteiger partial charge in [0.25, 0.3) is 5.97 Å². The molecule has 1 rings (SSSR count). The predicted octanol–water partition coefficient (Wildman–Crippen LogP) is 6.56. The zero-order chi connectivity index (χ0) is 20.1. The normalized spacial score (nSPS) is 13.1. The van der Waals surface area contributed by atoms with Gasteiger partial charge in [0, 0.05) is 19.8 Å². The van der Waals surface area contributed by atoms with E-state index < -0.39 is 17.6 Å². The summed E-state index contributed by atoms with van der Waals surface area (Å²) in [5.41, 5.74) is 0.637. The molecule has 0 aliphatic carbocycles. The molecule has 5 heteroatoms. The molecule has 0 aliphatic rings. The number of rotatable bonds is 15. The van der Waals surface area contributed by atoms with E-state index in [1.54, 1.807) is 6.07 Å². The van der Waals surface area contributed by atoms with Crippen molar-refractivity contribution in [1.29, 1.82) is 0 Å². The zero-order valence-electron chi connectivity index (χ0n) is 17.4. The highest BCUT2D eigenvalue weighted by Crippen LogP contribution is 2.39. The second kappa shape index (κ2) is 13.2. The highest BCUT2D eigenvalue weighted by molar-refractivity contribution is 5.23. The van der Waals surface area contributed by atoms with E-state index in [0.29, 0.717) is 25.4 Å². The Labute approximate surface area is 163 Å². The highest BCUT2D eigenvalue weighted by Gasteiger charge is 2.43. The molecule has 0 fully saturated rings. The van der Waals surface area contributed by atoms with Gasteiger partial charge in [0.2, 0.25) is 0 Å². The quantitative estimate of drug-likeness (QED) is 0.252. The Morgan fingerprint density at radius 2 is 1.33 bits per heavy atom. The monoisotopic (exact) mass is 386 g/mol. The molecule has 0 saturated heterocycles. The van der Waals surface area contributed by atoms with Gasteiger partial charge in [-0.25, -0.2) is 8.78 Å². The standard InChI is InChI=1S/C22H36F2O3/c1-5-9-10-11-12-13-14-19(18-15-16-20(23)21(24)17-18)22(25-6-2,26-7-3)27-8-4/h15-17,19H,5-14H2,1-4H3. The van der Waals surface area contributed by atoms with Crippen molar-refractivity contribution in [3.63, 3.8) is 0 Å². The zero-order valence-corrected chi connectivity index (χ0v) is 17.4. The van der Waals surface area contributed by atoms with Gasteiger partial charge in [0.1, 0.15) is 0 Å². The lowest BCUT2D eigenvalue weighted by molar-refractivity contribution is -0.389. The van der Waals surface area contributed by atoms with E-state index in [4.69, 9.17) is 14.2 Å². The average Bonchev–Trinajstić information content (AvgIpc) is 2.64. The third kappa shape index (κ3) is 7.47. The van der Waals surface area contributed by atoms with Crippen LogP contribution in [0.3, 0.4) is 0 Å². The van der Waals surface area contributed by atoms with Gasteiger partial charge in [-0.15, -0.1) is 0 Å².